The van der Waals surface area contributed by atoms with Crippen LogP contribution in [0.15, 0.2) is 23.8 Å². The molecule has 15 heteroatoms. The molecule has 2 fully saturated rings. The SMILES string of the molecule is CC[C@H]1OC(=O)C[C@@H](O)[C@H](C)[C@@H](OC2OC(C)C(O)C(N(C)CC)C2O)[C@@H](CC=O)C[C@@H](C)C(=O)/C=C/C(C)=C/[C@@H]1COC1OC(C)C(O)C(OC)C1OC. The van der Waals surface area contributed by atoms with Gasteiger partial charge in [0.15, 0.2) is 18.4 Å². The van der Waals surface area contributed by atoms with Gasteiger partial charge in [0.2, 0.25) is 0 Å². The van der Waals surface area contributed by atoms with E-state index in [9.17, 15) is 34.8 Å². The van der Waals surface area contributed by atoms with Crippen molar-refractivity contribution in [2.24, 2.45) is 23.7 Å². The minimum atomic E-state index is -1.32. The molecule has 0 saturated carbocycles. The van der Waals surface area contributed by atoms with Crippen molar-refractivity contribution in [2.45, 2.75) is 154 Å². The van der Waals surface area contributed by atoms with Crippen LogP contribution in [0.4, 0.5) is 0 Å². The summed E-state index contributed by atoms with van der Waals surface area (Å²) in [6.07, 6.45) is -5.34. The third-order valence-corrected chi connectivity index (χ3v) is 11.5. The van der Waals surface area contributed by atoms with E-state index < -0.39 is 116 Å². The Morgan fingerprint density at radius 2 is 1.53 bits per heavy atom. The fourth-order valence-corrected chi connectivity index (χ4v) is 7.88. The molecule has 2 saturated heterocycles. The van der Waals surface area contributed by atoms with Crippen LogP contribution < -0.4 is 0 Å². The van der Waals surface area contributed by atoms with Gasteiger partial charge in [0, 0.05) is 38.4 Å². The quantitative estimate of drug-likeness (QED) is 0.165. The summed E-state index contributed by atoms with van der Waals surface area (Å²) >= 11 is 0. The van der Waals surface area contributed by atoms with Crippen molar-refractivity contribution < 1.29 is 68.0 Å². The summed E-state index contributed by atoms with van der Waals surface area (Å²) in [6, 6.07) is -0.726. The Morgan fingerprint density at radius 1 is 0.891 bits per heavy atom. The number of methoxy groups -OCH3 is 2. The van der Waals surface area contributed by atoms with Gasteiger partial charge < -0.3 is 58.4 Å². The summed E-state index contributed by atoms with van der Waals surface area (Å²) in [5.74, 6) is -3.37. The number of carbonyl (C=O) groups excluding carboxylic acids is 3. The highest BCUT2D eigenvalue weighted by molar-refractivity contribution is 5.91. The summed E-state index contributed by atoms with van der Waals surface area (Å²) in [6.45, 7) is 12.9. The standard InChI is InChI=1S/C40H67NO14/c1-11-30-27(20-51-40-38(50-10)37(49-9)34(47)25(7)53-40)17-21(3)13-14-28(43)22(4)18-26(15-16-42)36(23(5)29(44)19-31(45)54-30)55-39-35(48)32(41(8)12-2)33(46)24(6)52-39/h13-14,16-17,22-27,29-30,32-40,44,46-48H,11-12,15,18-20H2,1-10H3/b14-13+,21-17+/t22-,23+,24?,25?,26+,27-,29-,30-,32?,33?,34?,35?,36-,37?,38?,39?,40?/m1/s1. The monoisotopic (exact) mass is 785 g/mol. The molecule has 0 spiro atoms. The summed E-state index contributed by atoms with van der Waals surface area (Å²) < 4.78 is 41.8. The van der Waals surface area contributed by atoms with Crippen LogP contribution in [-0.4, -0.2) is 157 Å². The first-order valence-electron chi connectivity index (χ1n) is 19.6. The summed E-state index contributed by atoms with van der Waals surface area (Å²) in [5.41, 5.74) is 0.702. The second kappa shape index (κ2) is 22.1. The van der Waals surface area contributed by atoms with E-state index in [1.807, 2.05) is 26.8 Å². The van der Waals surface area contributed by atoms with Gasteiger partial charge in [0.05, 0.1) is 49.6 Å². The first-order chi connectivity index (χ1) is 26.0. The molecule has 0 amide bonds. The highest BCUT2D eigenvalue weighted by Crippen LogP contribution is 2.35. The van der Waals surface area contributed by atoms with Crippen molar-refractivity contribution in [3.8, 4) is 0 Å². The van der Waals surface area contributed by atoms with Crippen molar-refractivity contribution >= 4 is 18.0 Å². The Labute approximate surface area is 326 Å². The number of allylic oxidation sites excluding steroid dienone is 3. The van der Waals surface area contributed by atoms with Gasteiger partial charge in [-0.25, -0.2) is 0 Å². The largest absolute Gasteiger partial charge is 0.462 e. The number of aliphatic hydroxyl groups excluding tert-OH is 4. The zero-order valence-electron chi connectivity index (χ0n) is 34.2. The lowest BCUT2D eigenvalue weighted by atomic mass is 9.79. The molecule has 0 aromatic carbocycles. The fraction of sp³-hybridized carbons (Fsp3) is 0.825. The molecule has 4 N–H and O–H groups in total. The average molecular weight is 786 g/mol. The molecule has 3 aliphatic rings. The van der Waals surface area contributed by atoms with E-state index in [4.69, 9.17) is 33.2 Å². The van der Waals surface area contributed by atoms with Gasteiger partial charge in [-0.15, -0.1) is 0 Å². The number of ether oxygens (including phenoxy) is 7. The average Bonchev–Trinajstić information content (AvgIpc) is 3.15. The lowest BCUT2D eigenvalue weighted by Crippen LogP contribution is -2.63. The van der Waals surface area contributed by atoms with E-state index in [-0.39, 0.29) is 25.2 Å². The van der Waals surface area contributed by atoms with Crippen LogP contribution in [0.2, 0.25) is 0 Å². The Bertz CT molecular complexity index is 1280. The third-order valence-electron chi connectivity index (χ3n) is 11.5. The number of likely N-dealkylation sites (N-methyl/N-ethyl adjacent to an activating group) is 1. The number of nitrogens with zero attached hydrogens (tertiary/aromatic N) is 1. The molecular weight excluding hydrogens is 718 g/mol. The molecule has 15 nitrogen and oxygen atoms in total. The molecule has 55 heavy (non-hydrogen) atoms. The van der Waals surface area contributed by atoms with E-state index in [0.29, 0.717) is 18.5 Å². The number of rotatable bonds is 12. The second-order valence-electron chi connectivity index (χ2n) is 15.5. The van der Waals surface area contributed by atoms with Crippen LogP contribution >= 0.6 is 0 Å². The minimum absolute atomic E-state index is 0.0123. The third kappa shape index (κ3) is 12.2. The van der Waals surface area contributed by atoms with Crippen molar-refractivity contribution in [3.63, 3.8) is 0 Å². The summed E-state index contributed by atoms with van der Waals surface area (Å²) in [7, 11) is 4.71. The fourth-order valence-electron chi connectivity index (χ4n) is 7.88. The first kappa shape index (κ1) is 47.2. The maximum Gasteiger partial charge on any atom is 0.308 e. The molecular formula is C40H67NO14. The lowest BCUT2D eigenvalue weighted by molar-refractivity contribution is -0.305. The molecule has 3 aliphatic heterocycles. The van der Waals surface area contributed by atoms with Gasteiger partial charge in [-0.2, -0.15) is 0 Å². The number of hydrogen-bond donors (Lipinski definition) is 4. The normalized spacial score (nSPS) is 43.0. The summed E-state index contributed by atoms with van der Waals surface area (Å²) in [5, 5.41) is 44.5. The zero-order valence-corrected chi connectivity index (χ0v) is 34.2. The van der Waals surface area contributed by atoms with E-state index in [0.717, 1.165) is 6.29 Å². The number of cyclic esters (lactones) is 1. The van der Waals surface area contributed by atoms with Crippen LogP contribution in [0.1, 0.15) is 74.1 Å². The van der Waals surface area contributed by atoms with Gasteiger partial charge in [-0.1, -0.05) is 45.4 Å². The highest BCUT2D eigenvalue weighted by atomic mass is 16.7. The van der Waals surface area contributed by atoms with E-state index in [1.54, 1.807) is 45.7 Å². The molecule has 0 radical (unpaired) electrons. The predicted octanol–water partition coefficient (Wildman–Crippen LogP) is 1.95. The van der Waals surface area contributed by atoms with Crippen molar-refractivity contribution in [1.29, 1.82) is 0 Å². The minimum Gasteiger partial charge on any atom is -0.462 e. The number of aliphatic hydroxyl groups is 4. The number of ketones is 1. The van der Waals surface area contributed by atoms with E-state index in [1.165, 1.54) is 20.3 Å². The number of hydrogen-bond acceptors (Lipinski definition) is 15. The Kier molecular flexibility index (Phi) is 19.0. The maximum absolute atomic E-state index is 13.6. The van der Waals surface area contributed by atoms with Gasteiger partial charge in [-0.05, 0) is 59.2 Å². The van der Waals surface area contributed by atoms with Crippen molar-refractivity contribution in [3.05, 3.63) is 23.8 Å². The Morgan fingerprint density at radius 3 is 2.13 bits per heavy atom. The molecule has 316 valence electrons. The van der Waals surface area contributed by atoms with Gasteiger partial charge in [0.1, 0.15) is 36.8 Å². The van der Waals surface area contributed by atoms with Crippen LogP contribution in [0.3, 0.4) is 0 Å². The first-order valence-corrected chi connectivity index (χ1v) is 19.6. The Balaban J connectivity index is 1.97. The summed E-state index contributed by atoms with van der Waals surface area (Å²) in [4.78, 5) is 41.0. The van der Waals surface area contributed by atoms with Crippen LogP contribution in [0, 0.1) is 23.7 Å². The second-order valence-corrected chi connectivity index (χ2v) is 15.5. The molecule has 17 atom stereocenters. The molecule has 3 rings (SSSR count). The van der Waals surface area contributed by atoms with Gasteiger partial charge in [-0.3, -0.25) is 14.5 Å². The van der Waals surface area contributed by atoms with Crippen molar-refractivity contribution in [1.82, 2.24) is 4.90 Å². The number of carbonyl (C=O) groups is 3. The van der Waals surface area contributed by atoms with Gasteiger partial charge >= 0.3 is 5.97 Å². The van der Waals surface area contributed by atoms with Gasteiger partial charge in [0.25, 0.3) is 0 Å². The van der Waals surface area contributed by atoms with E-state index >= 15 is 0 Å². The van der Waals surface area contributed by atoms with E-state index in [2.05, 4.69) is 0 Å². The molecule has 0 aromatic heterocycles. The number of aldehydes is 1. The molecule has 3 heterocycles. The topological polar surface area (TPSA) is 200 Å². The Hall–Kier alpha value is -2.15. The molecule has 0 bridgehead atoms. The lowest BCUT2D eigenvalue weighted by Gasteiger charge is -2.47. The van der Waals surface area contributed by atoms with Crippen LogP contribution in [0.25, 0.3) is 0 Å². The maximum atomic E-state index is 13.6. The molecule has 0 aliphatic carbocycles. The molecule has 0 aromatic rings. The zero-order chi connectivity index (χ0) is 41.1. The highest BCUT2D eigenvalue weighted by Gasteiger charge is 2.48. The van der Waals surface area contributed by atoms with Crippen LogP contribution in [-0.2, 0) is 47.5 Å². The van der Waals surface area contributed by atoms with Crippen LogP contribution in [0.5, 0.6) is 0 Å². The molecule has 10 unspecified atom stereocenters. The smallest absolute Gasteiger partial charge is 0.308 e. The number of esters is 1. The predicted molar refractivity (Wildman–Crippen MR) is 201 cm³/mol. The van der Waals surface area contributed by atoms with Crippen molar-refractivity contribution in [2.75, 3.05) is 34.4 Å².